The molecule has 4 nitrogen and oxygen atoms in total. The lowest BCUT2D eigenvalue weighted by Gasteiger charge is -2.27. The molecule has 1 aliphatic rings. The highest BCUT2D eigenvalue weighted by Crippen LogP contribution is 2.17. The van der Waals surface area contributed by atoms with Crippen LogP contribution in [-0.2, 0) is 4.79 Å². The molecule has 0 spiro atoms. The highest BCUT2D eigenvalue weighted by Gasteiger charge is 2.22. The van der Waals surface area contributed by atoms with Crippen molar-refractivity contribution in [3.8, 4) is 6.07 Å². The molecular formula is C10H14N2O2. The molecule has 0 atom stereocenters. The summed E-state index contributed by atoms with van der Waals surface area (Å²) in [7, 11) is 0. The molecule has 0 bridgehead atoms. The quantitative estimate of drug-likeness (QED) is 0.709. The number of nitrogens with zero attached hydrogens (tertiary/aromatic N) is 2. The zero-order chi connectivity index (χ0) is 10.6. The Kier molecular flexibility index (Phi) is 3.66. The SMILES string of the molecule is CC1=C(C#N)CN(CCCO)C(=O)C1. The van der Waals surface area contributed by atoms with Crippen LogP contribution in [-0.4, -0.2) is 35.6 Å². The van der Waals surface area contributed by atoms with Crippen molar-refractivity contribution in [2.75, 3.05) is 19.7 Å². The van der Waals surface area contributed by atoms with E-state index in [0.717, 1.165) is 5.57 Å². The van der Waals surface area contributed by atoms with E-state index in [9.17, 15) is 4.79 Å². The van der Waals surface area contributed by atoms with Gasteiger partial charge in [-0.1, -0.05) is 0 Å². The largest absolute Gasteiger partial charge is 0.396 e. The van der Waals surface area contributed by atoms with Crippen molar-refractivity contribution in [1.82, 2.24) is 4.90 Å². The van der Waals surface area contributed by atoms with Crippen molar-refractivity contribution in [2.24, 2.45) is 0 Å². The van der Waals surface area contributed by atoms with Crippen molar-refractivity contribution in [2.45, 2.75) is 19.8 Å². The first kappa shape index (κ1) is 10.7. The van der Waals surface area contributed by atoms with Gasteiger partial charge in [0.05, 0.1) is 12.6 Å². The predicted molar refractivity (Wildman–Crippen MR) is 51.2 cm³/mol. The summed E-state index contributed by atoms with van der Waals surface area (Å²) < 4.78 is 0. The number of carbonyl (C=O) groups excluding carboxylic acids is 1. The fraction of sp³-hybridized carbons (Fsp3) is 0.600. The lowest BCUT2D eigenvalue weighted by atomic mass is 10.0. The van der Waals surface area contributed by atoms with Crippen LogP contribution in [0.15, 0.2) is 11.1 Å². The molecule has 0 saturated carbocycles. The molecule has 0 unspecified atom stereocenters. The number of hydrogen-bond acceptors (Lipinski definition) is 3. The molecule has 76 valence electrons. The maximum absolute atomic E-state index is 11.5. The lowest BCUT2D eigenvalue weighted by molar-refractivity contribution is -0.130. The number of carbonyl (C=O) groups is 1. The van der Waals surface area contributed by atoms with E-state index in [4.69, 9.17) is 10.4 Å². The second-order valence-corrected chi connectivity index (χ2v) is 3.44. The van der Waals surface area contributed by atoms with Gasteiger partial charge in [-0.05, 0) is 18.9 Å². The van der Waals surface area contributed by atoms with E-state index >= 15 is 0 Å². The molecular weight excluding hydrogens is 180 g/mol. The fourth-order valence-corrected chi connectivity index (χ4v) is 1.46. The van der Waals surface area contributed by atoms with Gasteiger partial charge >= 0.3 is 0 Å². The van der Waals surface area contributed by atoms with Gasteiger partial charge in [0.25, 0.3) is 0 Å². The van der Waals surface area contributed by atoms with E-state index in [1.807, 2.05) is 6.92 Å². The Morgan fingerprint density at radius 3 is 2.93 bits per heavy atom. The molecule has 4 heteroatoms. The van der Waals surface area contributed by atoms with E-state index in [0.29, 0.717) is 31.5 Å². The maximum atomic E-state index is 11.5. The van der Waals surface area contributed by atoms with E-state index in [-0.39, 0.29) is 12.5 Å². The monoisotopic (exact) mass is 194 g/mol. The zero-order valence-corrected chi connectivity index (χ0v) is 8.29. The molecule has 0 saturated heterocycles. The van der Waals surface area contributed by atoms with Gasteiger partial charge in [-0.15, -0.1) is 0 Å². The number of hydrogen-bond donors (Lipinski definition) is 1. The average molecular weight is 194 g/mol. The van der Waals surface area contributed by atoms with Crippen LogP contribution in [0.4, 0.5) is 0 Å². The van der Waals surface area contributed by atoms with Crippen LogP contribution in [0.3, 0.4) is 0 Å². The Morgan fingerprint density at radius 2 is 2.36 bits per heavy atom. The molecule has 1 rings (SSSR count). The van der Waals surface area contributed by atoms with Crippen LogP contribution < -0.4 is 0 Å². The van der Waals surface area contributed by atoms with Gasteiger partial charge in [0.1, 0.15) is 0 Å². The minimum atomic E-state index is 0.0509. The summed E-state index contributed by atoms with van der Waals surface area (Å²) in [5.41, 5.74) is 1.56. The number of amides is 1. The number of aliphatic hydroxyl groups is 1. The Hall–Kier alpha value is -1.34. The van der Waals surface area contributed by atoms with Gasteiger partial charge in [0.15, 0.2) is 0 Å². The predicted octanol–water partition coefficient (Wildman–Crippen LogP) is 0.441. The summed E-state index contributed by atoms with van der Waals surface area (Å²) >= 11 is 0. The third-order valence-electron chi connectivity index (χ3n) is 2.35. The molecule has 0 aromatic heterocycles. The van der Waals surface area contributed by atoms with Gasteiger partial charge in [-0.3, -0.25) is 4.79 Å². The van der Waals surface area contributed by atoms with Crippen molar-refractivity contribution in [1.29, 1.82) is 5.26 Å². The van der Waals surface area contributed by atoms with Gasteiger partial charge < -0.3 is 10.0 Å². The van der Waals surface area contributed by atoms with E-state index in [2.05, 4.69) is 6.07 Å². The second-order valence-electron chi connectivity index (χ2n) is 3.44. The Bertz CT molecular complexity index is 302. The summed E-state index contributed by atoms with van der Waals surface area (Å²) in [6.07, 6.45) is 0.915. The Morgan fingerprint density at radius 1 is 1.64 bits per heavy atom. The topological polar surface area (TPSA) is 64.3 Å². The lowest BCUT2D eigenvalue weighted by Crippen LogP contribution is -2.37. The molecule has 0 aliphatic carbocycles. The third-order valence-corrected chi connectivity index (χ3v) is 2.35. The summed E-state index contributed by atoms with van der Waals surface area (Å²) in [4.78, 5) is 13.1. The molecule has 1 amide bonds. The number of aliphatic hydroxyl groups excluding tert-OH is 1. The summed E-state index contributed by atoms with van der Waals surface area (Å²) in [6.45, 7) is 2.84. The van der Waals surface area contributed by atoms with E-state index < -0.39 is 0 Å². The number of rotatable bonds is 3. The number of nitriles is 1. The van der Waals surface area contributed by atoms with E-state index in [1.165, 1.54) is 0 Å². The molecule has 0 aromatic carbocycles. The first-order valence-electron chi connectivity index (χ1n) is 4.66. The van der Waals surface area contributed by atoms with Crippen LogP contribution >= 0.6 is 0 Å². The summed E-state index contributed by atoms with van der Waals surface area (Å²) in [5.74, 6) is 0.0509. The van der Waals surface area contributed by atoms with Crippen molar-refractivity contribution < 1.29 is 9.90 Å². The van der Waals surface area contributed by atoms with Gasteiger partial charge in [0, 0.05) is 25.1 Å². The molecule has 14 heavy (non-hydrogen) atoms. The molecule has 0 radical (unpaired) electrons. The minimum absolute atomic E-state index is 0.0509. The van der Waals surface area contributed by atoms with Crippen LogP contribution in [0.1, 0.15) is 19.8 Å². The molecule has 1 N–H and O–H groups in total. The molecule has 1 heterocycles. The van der Waals surface area contributed by atoms with Crippen molar-refractivity contribution >= 4 is 5.91 Å². The summed E-state index contributed by atoms with van der Waals surface area (Å²) in [6, 6.07) is 2.10. The highest BCUT2D eigenvalue weighted by molar-refractivity contribution is 5.81. The van der Waals surface area contributed by atoms with Crippen LogP contribution in [0.25, 0.3) is 0 Å². The van der Waals surface area contributed by atoms with Gasteiger partial charge in [-0.25, -0.2) is 0 Å². The third kappa shape index (κ3) is 2.33. The zero-order valence-electron chi connectivity index (χ0n) is 8.29. The van der Waals surface area contributed by atoms with Crippen LogP contribution in [0.5, 0.6) is 0 Å². The van der Waals surface area contributed by atoms with E-state index in [1.54, 1.807) is 4.90 Å². The Labute approximate surface area is 83.4 Å². The minimum Gasteiger partial charge on any atom is -0.396 e. The van der Waals surface area contributed by atoms with Crippen LogP contribution in [0, 0.1) is 11.3 Å². The highest BCUT2D eigenvalue weighted by atomic mass is 16.3. The smallest absolute Gasteiger partial charge is 0.227 e. The maximum Gasteiger partial charge on any atom is 0.227 e. The first-order valence-corrected chi connectivity index (χ1v) is 4.66. The van der Waals surface area contributed by atoms with Crippen LogP contribution in [0.2, 0.25) is 0 Å². The fourth-order valence-electron chi connectivity index (χ4n) is 1.46. The van der Waals surface area contributed by atoms with Crippen molar-refractivity contribution in [3.63, 3.8) is 0 Å². The van der Waals surface area contributed by atoms with Gasteiger partial charge in [-0.2, -0.15) is 5.26 Å². The molecule has 1 aliphatic heterocycles. The first-order chi connectivity index (χ1) is 6.69. The van der Waals surface area contributed by atoms with Crippen molar-refractivity contribution in [3.05, 3.63) is 11.1 Å². The average Bonchev–Trinajstić information content (AvgIpc) is 2.17. The molecule has 0 fully saturated rings. The Balaban J connectivity index is 2.66. The second kappa shape index (κ2) is 4.77. The normalized spacial score (nSPS) is 17.2. The van der Waals surface area contributed by atoms with Gasteiger partial charge in [0.2, 0.25) is 5.91 Å². The standard InChI is InChI=1S/C10H14N2O2/c1-8-5-10(14)12(3-2-4-13)7-9(8)6-11/h13H,2-5,7H2,1H3. The summed E-state index contributed by atoms with van der Waals surface area (Å²) in [5, 5.41) is 17.4. The molecule has 0 aromatic rings.